The summed E-state index contributed by atoms with van der Waals surface area (Å²) >= 11 is 0. The zero-order valence-electron chi connectivity index (χ0n) is 17.4. The number of anilines is 1. The SMILES string of the molecule is Cc1ccc2c(c1)c(=O)n(C)c1nnc(COC(=O)CN3C(=O)COc4ccccc43)n21. The first-order valence-electron chi connectivity index (χ1n) is 9.95. The number of aromatic nitrogens is 4. The first kappa shape index (κ1) is 19.7. The van der Waals surface area contributed by atoms with Gasteiger partial charge in [0.2, 0.25) is 5.78 Å². The second kappa shape index (κ2) is 7.49. The Morgan fingerprint density at radius 1 is 1.16 bits per heavy atom. The summed E-state index contributed by atoms with van der Waals surface area (Å²) in [7, 11) is 1.62. The van der Waals surface area contributed by atoms with Crippen molar-refractivity contribution in [2.75, 3.05) is 18.1 Å². The third-order valence-electron chi connectivity index (χ3n) is 5.40. The van der Waals surface area contributed by atoms with E-state index < -0.39 is 5.97 Å². The van der Waals surface area contributed by atoms with Gasteiger partial charge in [0.15, 0.2) is 19.0 Å². The summed E-state index contributed by atoms with van der Waals surface area (Å²) in [5.74, 6) is 0.314. The number of aryl methyl sites for hydroxylation is 2. The highest BCUT2D eigenvalue weighted by atomic mass is 16.5. The van der Waals surface area contributed by atoms with Crippen molar-refractivity contribution in [3.8, 4) is 5.75 Å². The number of carbonyl (C=O) groups excluding carboxylic acids is 2. The molecule has 162 valence electrons. The topological polar surface area (TPSA) is 108 Å². The lowest BCUT2D eigenvalue weighted by atomic mass is 10.1. The van der Waals surface area contributed by atoms with E-state index in [-0.39, 0.29) is 31.2 Å². The maximum Gasteiger partial charge on any atom is 0.326 e. The molecule has 0 N–H and O–H groups in total. The summed E-state index contributed by atoms with van der Waals surface area (Å²) in [4.78, 5) is 38.8. The van der Waals surface area contributed by atoms with Gasteiger partial charge in [-0.25, -0.2) is 0 Å². The molecule has 5 rings (SSSR count). The van der Waals surface area contributed by atoms with Crippen molar-refractivity contribution < 1.29 is 19.1 Å². The summed E-state index contributed by atoms with van der Waals surface area (Å²) in [5.41, 5.74) is 1.91. The van der Waals surface area contributed by atoms with Crippen molar-refractivity contribution in [3.05, 3.63) is 64.2 Å². The number of amides is 1. The predicted octanol–water partition coefficient (Wildman–Crippen LogP) is 1.36. The van der Waals surface area contributed by atoms with Gasteiger partial charge >= 0.3 is 5.97 Å². The van der Waals surface area contributed by atoms with Crippen molar-refractivity contribution in [3.63, 3.8) is 0 Å². The van der Waals surface area contributed by atoms with Gasteiger partial charge in [0.1, 0.15) is 12.3 Å². The molecule has 10 heteroatoms. The molecule has 4 aromatic rings. The van der Waals surface area contributed by atoms with Crippen LogP contribution >= 0.6 is 0 Å². The van der Waals surface area contributed by atoms with Crippen LogP contribution in [-0.2, 0) is 28.0 Å². The summed E-state index contributed by atoms with van der Waals surface area (Å²) in [6, 6.07) is 12.5. The molecular weight excluding hydrogens is 414 g/mol. The smallest absolute Gasteiger partial charge is 0.326 e. The second-order valence-electron chi connectivity index (χ2n) is 7.53. The summed E-state index contributed by atoms with van der Waals surface area (Å²) in [6.45, 7) is 1.34. The Hall–Kier alpha value is -4.21. The van der Waals surface area contributed by atoms with Crippen molar-refractivity contribution in [2.24, 2.45) is 7.05 Å². The van der Waals surface area contributed by atoms with E-state index in [9.17, 15) is 14.4 Å². The Kier molecular flexibility index (Phi) is 4.62. The molecule has 0 bridgehead atoms. The zero-order chi connectivity index (χ0) is 22.4. The Morgan fingerprint density at radius 2 is 1.97 bits per heavy atom. The number of hydrogen-bond donors (Lipinski definition) is 0. The molecule has 2 aromatic heterocycles. The van der Waals surface area contributed by atoms with Gasteiger partial charge in [-0.2, -0.15) is 0 Å². The quantitative estimate of drug-likeness (QED) is 0.447. The zero-order valence-corrected chi connectivity index (χ0v) is 17.4. The van der Waals surface area contributed by atoms with Crippen LogP contribution in [-0.4, -0.2) is 44.2 Å². The molecule has 0 saturated heterocycles. The molecule has 0 unspecified atom stereocenters. The van der Waals surface area contributed by atoms with Crippen LogP contribution in [0.3, 0.4) is 0 Å². The largest absolute Gasteiger partial charge is 0.482 e. The van der Waals surface area contributed by atoms with Gasteiger partial charge in [0.05, 0.1) is 16.6 Å². The van der Waals surface area contributed by atoms with Gasteiger partial charge in [0.25, 0.3) is 11.5 Å². The third kappa shape index (κ3) is 3.16. The van der Waals surface area contributed by atoms with Gasteiger partial charge in [0, 0.05) is 7.05 Å². The van der Waals surface area contributed by atoms with Crippen LogP contribution in [0.1, 0.15) is 11.4 Å². The predicted molar refractivity (Wildman–Crippen MR) is 115 cm³/mol. The summed E-state index contributed by atoms with van der Waals surface area (Å²) < 4.78 is 13.9. The Balaban J connectivity index is 1.42. The van der Waals surface area contributed by atoms with E-state index in [0.717, 1.165) is 5.56 Å². The molecule has 1 aliphatic rings. The van der Waals surface area contributed by atoms with Crippen LogP contribution in [0.2, 0.25) is 0 Å². The molecule has 0 fully saturated rings. The highest BCUT2D eigenvalue weighted by Gasteiger charge is 2.27. The van der Waals surface area contributed by atoms with Crippen LogP contribution in [0.15, 0.2) is 47.3 Å². The molecule has 1 amide bonds. The van der Waals surface area contributed by atoms with Gasteiger partial charge < -0.3 is 9.47 Å². The average molecular weight is 433 g/mol. The van der Waals surface area contributed by atoms with Crippen LogP contribution in [0.5, 0.6) is 5.75 Å². The fraction of sp³-hybridized carbons (Fsp3) is 0.227. The third-order valence-corrected chi connectivity index (χ3v) is 5.40. The van der Waals surface area contributed by atoms with Crippen molar-refractivity contribution in [1.29, 1.82) is 0 Å². The second-order valence-corrected chi connectivity index (χ2v) is 7.53. The molecule has 32 heavy (non-hydrogen) atoms. The molecule has 0 radical (unpaired) electrons. The number of carbonyl (C=O) groups is 2. The normalized spacial score (nSPS) is 13.3. The Morgan fingerprint density at radius 3 is 2.81 bits per heavy atom. The fourth-order valence-electron chi connectivity index (χ4n) is 3.80. The maximum absolute atomic E-state index is 12.7. The summed E-state index contributed by atoms with van der Waals surface area (Å²) in [5, 5.41) is 8.72. The number of rotatable bonds is 4. The lowest BCUT2D eigenvalue weighted by molar-refractivity contribution is -0.144. The van der Waals surface area contributed by atoms with Gasteiger partial charge in [-0.1, -0.05) is 23.8 Å². The number of fused-ring (bicyclic) bond motifs is 4. The summed E-state index contributed by atoms with van der Waals surface area (Å²) in [6.07, 6.45) is 0. The van der Waals surface area contributed by atoms with Crippen molar-refractivity contribution in [2.45, 2.75) is 13.5 Å². The number of para-hydroxylation sites is 2. The highest BCUT2D eigenvalue weighted by Crippen LogP contribution is 2.31. The van der Waals surface area contributed by atoms with Crippen molar-refractivity contribution in [1.82, 2.24) is 19.2 Å². The van der Waals surface area contributed by atoms with E-state index in [0.29, 0.717) is 33.9 Å². The molecule has 0 atom stereocenters. The lowest BCUT2D eigenvalue weighted by Crippen LogP contribution is -2.42. The minimum Gasteiger partial charge on any atom is -0.482 e. The number of esters is 1. The van der Waals surface area contributed by atoms with E-state index in [2.05, 4.69) is 10.2 Å². The van der Waals surface area contributed by atoms with Crippen LogP contribution in [0, 0.1) is 6.92 Å². The van der Waals surface area contributed by atoms with E-state index in [1.54, 1.807) is 41.8 Å². The maximum atomic E-state index is 12.7. The number of ether oxygens (including phenoxy) is 2. The van der Waals surface area contributed by atoms with Crippen molar-refractivity contribution >= 4 is 34.2 Å². The van der Waals surface area contributed by atoms with Crippen LogP contribution in [0.4, 0.5) is 5.69 Å². The molecule has 10 nitrogen and oxygen atoms in total. The van der Waals surface area contributed by atoms with Gasteiger partial charge in [-0.3, -0.25) is 28.3 Å². The van der Waals surface area contributed by atoms with Crippen LogP contribution in [0.25, 0.3) is 16.7 Å². The first-order valence-corrected chi connectivity index (χ1v) is 9.95. The number of benzene rings is 2. The lowest BCUT2D eigenvalue weighted by Gasteiger charge is -2.28. The Labute approximate surface area is 181 Å². The molecule has 3 heterocycles. The van der Waals surface area contributed by atoms with E-state index in [4.69, 9.17) is 9.47 Å². The minimum atomic E-state index is -0.600. The number of nitrogens with zero attached hydrogens (tertiary/aromatic N) is 5. The van der Waals surface area contributed by atoms with Gasteiger partial charge in [-0.05, 0) is 31.2 Å². The van der Waals surface area contributed by atoms with E-state index in [1.165, 1.54) is 9.47 Å². The van der Waals surface area contributed by atoms with Crippen LogP contribution < -0.4 is 15.2 Å². The molecule has 0 aliphatic carbocycles. The monoisotopic (exact) mass is 433 g/mol. The average Bonchev–Trinajstić information content (AvgIpc) is 3.22. The first-order chi connectivity index (χ1) is 15.4. The minimum absolute atomic E-state index is 0.140. The molecule has 0 spiro atoms. The molecule has 2 aromatic carbocycles. The fourth-order valence-corrected chi connectivity index (χ4v) is 3.80. The van der Waals surface area contributed by atoms with E-state index >= 15 is 0 Å². The number of hydrogen-bond acceptors (Lipinski definition) is 7. The standard InChI is InChI=1S/C22H19N5O5/c1-13-7-8-15-14(9-13)21(30)25(2)22-24-23-18(27(15)22)11-32-20(29)10-26-16-5-3-4-6-17(16)31-12-19(26)28/h3-9H,10-12H2,1-2H3. The van der Waals surface area contributed by atoms with Gasteiger partial charge in [-0.15, -0.1) is 10.2 Å². The molecule has 0 saturated carbocycles. The Bertz CT molecular complexity index is 1450. The molecular formula is C22H19N5O5. The van der Waals surface area contributed by atoms with E-state index in [1.807, 2.05) is 19.1 Å². The highest BCUT2D eigenvalue weighted by molar-refractivity contribution is 6.01. The molecule has 1 aliphatic heterocycles.